The van der Waals surface area contributed by atoms with Gasteiger partial charge in [-0.15, -0.1) is 4.39 Å². The fraction of sp³-hybridized carbons (Fsp3) is 0.333. The molecule has 0 aliphatic carbocycles. The number of hydrogen-bond donors (Lipinski definition) is 0. The number of nitrogens with zero attached hydrogens (tertiary/aromatic N) is 1. The number of carbonyl (C=O) groups is 1. The number of rotatable bonds is 2. The molecular formula is C6H5FINO3. The molecule has 0 N–H and O–H groups in total. The topological polar surface area (TPSA) is 52.3 Å². The lowest BCUT2D eigenvalue weighted by molar-refractivity contribution is 0.0479. The van der Waals surface area contributed by atoms with Crippen molar-refractivity contribution in [3.63, 3.8) is 0 Å². The van der Waals surface area contributed by atoms with Crippen molar-refractivity contribution in [1.82, 2.24) is 4.98 Å². The largest absolute Gasteiger partial charge is 0.460 e. The lowest BCUT2D eigenvalue weighted by Gasteiger charge is -1.95. The molecule has 66 valence electrons. The maximum atomic E-state index is 12.3. The first kappa shape index (κ1) is 9.43. The zero-order valence-electron chi connectivity index (χ0n) is 6.13. The number of aromatic nitrogens is 1. The zero-order chi connectivity index (χ0) is 9.14. The fourth-order valence-electron chi connectivity index (χ4n) is 0.600. The summed E-state index contributed by atoms with van der Waals surface area (Å²) in [6.45, 7) is 1.87. The summed E-state index contributed by atoms with van der Waals surface area (Å²) in [4.78, 5) is 14.2. The van der Waals surface area contributed by atoms with Crippen LogP contribution in [0.5, 0.6) is 0 Å². The van der Waals surface area contributed by atoms with E-state index < -0.39 is 12.1 Å². The summed E-state index contributed by atoms with van der Waals surface area (Å²) in [5.74, 6) is -0.881. The van der Waals surface area contributed by atoms with Crippen molar-refractivity contribution < 1.29 is 18.3 Å². The summed E-state index contributed by atoms with van der Waals surface area (Å²) < 4.78 is 21.4. The van der Waals surface area contributed by atoms with Gasteiger partial charge in [-0.1, -0.05) is 0 Å². The quantitative estimate of drug-likeness (QED) is 0.611. The Morgan fingerprint density at radius 1 is 1.83 bits per heavy atom. The molecule has 0 saturated heterocycles. The minimum Gasteiger partial charge on any atom is -0.460 e. The molecule has 6 heteroatoms. The molecular weight excluding hydrogens is 280 g/mol. The lowest BCUT2D eigenvalue weighted by Crippen LogP contribution is -2.04. The summed E-state index contributed by atoms with van der Waals surface area (Å²) in [5, 5.41) is 0. The van der Waals surface area contributed by atoms with E-state index in [0.717, 1.165) is 0 Å². The van der Waals surface area contributed by atoms with E-state index in [1.54, 1.807) is 29.5 Å². The smallest absolute Gasteiger partial charge is 0.383 e. The van der Waals surface area contributed by atoms with Crippen molar-refractivity contribution in [3.8, 4) is 0 Å². The number of esters is 1. The molecule has 0 unspecified atom stereocenters. The summed E-state index contributed by atoms with van der Waals surface area (Å²) in [6, 6.07) is 0. The van der Waals surface area contributed by atoms with Gasteiger partial charge in [0.15, 0.2) is 3.70 Å². The highest BCUT2D eigenvalue weighted by molar-refractivity contribution is 14.1. The molecule has 4 nitrogen and oxygen atoms in total. The number of hydrogen-bond acceptors (Lipinski definition) is 4. The molecule has 12 heavy (non-hydrogen) atoms. The van der Waals surface area contributed by atoms with Crippen LogP contribution >= 0.6 is 22.6 Å². The third-order valence-electron chi connectivity index (χ3n) is 1.02. The molecule has 1 aromatic rings. The Kier molecular flexibility index (Phi) is 3.01. The van der Waals surface area contributed by atoms with Crippen LogP contribution in [0, 0.1) is 9.85 Å². The number of carbonyl (C=O) groups excluding carboxylic acids is 1. The average Bonchev–Trinajstić information content (AvgIpc) is 2.30. The Hall–Kier alpha value is -0.660. The van der Waals surface area contributed by atoms with Gasteiger partial charge in [-0.2, -0.15) is 4.98 Å². The number of ether oxygens (including phenoxy) is 1. The standard InChI is InChI=1S/C6H5FINO3/c1-2-11-5(10)3-4(8)9-6(7)12-3/h2H2,1H3. The third-order valence-corrected chi connectivity index (χ3v) is 1.75. The zero-order valence-corrected chi connectivity index (χ0v) is 8.29. The lowest BCUT2D eigenvalue weighted by atomic mass is 10.5. The SMILES string of the molecule is CCOC(=O)c1oc(F)nc1I. The predicted octanol–water partition coefficient (Wildman–Crippen LogP) is 1.60. The molecule has 0 aliphatic rings. The Bertz CT molecular complexity index is 299. The molecule has 0 aliphatic heterocycles. The van der Waals surface area contributed by atoms with E-state index in [4.69, 9.17) is 0 Å². The summed E-state index contributed by atoms with van der Waals surface area (Å²) >= 11 is 1.69. The van der Waals surface area contributed by atoms with Crippen LogP contribution in [-0.4, -0.2) is 17.6 Å². The van der Waals surface area contributed by atoms with Crippen molar-refractivity contribution in [2.75, 3.05) is 6.61 Å². The van der Waals surface area contributed by atoms with Crippen LogP contribution in [0.15, 0.2) is 4.42 Å². The van der Waals surface area contributed by atoms with E-state index >= 15 is 0 Å². The average molecular weight is 285 g/mol. The van der Waals surface area contributed by atoms with Gasteiger partial charge >= 0.3 is 12.1 Å². The van der Waals surface area contributed by atoms with Gasteiger partial charge in [0.25, 0.3) is 0 Å². The molecule has 0 saturated carbocycles. The Morgan fingerprint density at radius 2 is 2.50 bits per heavy atom. The van der Waals surface area contributed by atoms with Crippen LogP contribution in [-0.2, 0) is 4.74 Å². The maximum absolute atomic E-state index is 12.3. The van der Waals surface area contributed by atoms with Crippen LogP contribution in [0.25, 0.3) is 0 Å². The molecule has 0 amide bonds. The van der Waals surface area contributed by atoms with E-state index in [1.165, 1.54) is 0 Å². The molecule has 0 fully saturated rings. The van der Waals surface area contributed by atoms with E-state index in [-0.39, 0.29) is 16.1 Å². The monoisotopic (exact) mass is 285 g/mol. The first-order chi connectivity index (χ1) is 5.65. The van der Waals surface area contributed by atoms with Gasteiger partial charge < -0.3 is 9.15 Å². The van der Waals surface area contributed by atoms with Crippen molar-refractivity contribution in [3.05, 3.63) is 15.6 Å². The van der Waals surface area contributed by atoms with Gasteiger partial charge in [0.05, 0.1) is 6.61 Å². The number of oxazole rings is 1. The van der Waals surface area contributed by atoms with Crippen molar-refractivity contribution in [2.24, 2.45) is 0 Å². The summed E-state index contributed by atoms with van der Waals surface area (Å²) in [5.41, 5.74) is 0. The van der Waals surface area contributed by atoms with E-state index in [2.05, 4.69) is 14.1 Å². The van der Waals surface area contributed by atoms with Crippen LogP contribution < -0.4 is 0 Å². The second-order valence-electron chi connectivity index (χ2n) is 1.81. The predicted molar refractivity (Wildman–Crippen MR) is 45.1 cm³/mol. The highest BCUT2D eigenvalue weighted by Crippen LogP contribution is 2.13. The minimum absolute atomic E-state index is 0.170. The van der Waals surface area contributed by atoms with Gasteiger partial charge in [-0.3, -0.25) is 0 Å². The molecule has 1 heterocycles. The van der Waals surface area contributed by atoms with Crippen LogP contribution in [0.4, 0.5) is 4.39 Å². The number of halogens is 2. The fourth-order valence-corrected chi connectivity index (χ4v) is 1.12. The Labute approximate surface area is 81.2 Å². The van der Waals surface area contributed by atoms with E-state index in [1.807, 2.05) is 0 Å². The van der Waals surface area contributed by atoms with Crippen molar-refractivity contribution in [2.45, 2.75) is 6.92 Å². The van der Waals surface area contributed by atoms with Crippen molar-refractivity contribution >= 4 is 28.6 Å². The molecule has 0 spiro atoms. The maximum Gasteiger partial charge on any atom is 0.383 e. The van der Waals surface area contributed by atoms with Gasteiger partial charge in [0.1, 0.15) is 0 Å². The van der Waals surface area contributed by atoms with Gasteiger partial charge in [0.2, 0.25) is 5.76 Å². The van der Waals surface area contributed by atoms with E-state index in [9.17, 15) is 9.18 Å². The second-order valence-corrected chi connectivity index (χ2v) is 2.83. The molecule has 0 radical (unpaired) electrons. The van der Waals surface area contributed by atoms with Crippen LogP contribution in [0.3, 0.4) is 0 Å². The van der Waals surface area contributed by atoms with Gasteiger partial charge in [0, 0.05) is 0 Å². The highest BCUT2D eigenvalue weighted by atomic mass is 127. The molecule has 0 aromatic carbocycles. The summed E-state index contributed by atoms with van der Waals surface area (Å²) in [7, 11) is 0. The minimum atomic E-state index is -1.03. The van der Waals surface area contributed by atoms with Gasteiger partial charge in [-0.25, -0.2) is 4.79 Å². The van der Waals surface area contributed by atoms with Crippen LogP contribution in [0.2, 0.25) is 0 Å². The third kappa shape index (κ3) is 1.93. The Balaban J connectivity index is 2.87. The van der Waals surface area contributed by atoms with Crippen LogP contribution in [0.1, 0.15) is 17.5 Å². The van der Waals surface area contributed by atoms with Gasteiger partial charge in [-0.05, 0) is 29.5 Å². The molecule has 0 atom stereocenters. The first-order valence-corrected chi connectivity index (χ1v) is 4.22. The normalized spacial score (nSPS) is 9.92. The van der Waals surface area contributed by atoms with E-state index in [0.29, 0.717) is 0 Å². The summed E-state index contributed by atoms with van der Waals surface area (Å²) in [6.07, 6.45) is -1.03. The Morgan fingerprint density at radius 3 is 2.92 bits per heavy atom. The molecule has 1 rings (SSSR count). The second kappa shape index (κ2) is 3.83. The molecule has 0 bridgehead atoms. The first-order valence-electron chi connectivity index (χ1n) is 3.14. The molecule has 1 aromatic heterocycles. The van der Waals surface area contributed by atoms with Crippen molar-refractivity contribution in [1.29, 1.82) is 0 Å². The highest BCUT2D eigenvalue weighted by Gasteiger charge is 2.19.